The fraction of sp³-hybridized carbons (Fsp3) is 0.500. The van der Waals surface area contributed by atoms with E-state index >= 15 is 0 Å². The molecule has 0 saturated carbocycles. The molecule has 0 unspecified atom stereocenters. The van der Waals surface area contributed by atoms with E-state index in [1.165, 1.54) is 0 Å². The Kier molecular flexibility index (Phi) is 6.37. The highest BCUT2D eigenvalue weighted by Crippen LogP contribution is 2.28. The second-order valence-corrected chi connectivity index (χ2v) is 9.04. The van der Waals surface area contributed by atoms with Crippen molar-refractivity contribution in [2.45, 2.75) is 56.9 Å². The summed E-state index contributed by atoms with van der Waals surface area (Å²) in [6, 6.07) is 8.67. The summed E-state index contributed by atoms with van der Waals surface area (Å²) in [5.41, 5.74) is 0.820. The highest BCUT2D eigenvalue weighted by Gasteiger charge is 2.25. The Bertz CT molecular complexity index is 937. The molecule has 0 amide bonds. The fourth-order valence-electron chi connectivity index (χ4n) is 3.14. The van der Waals surface area contributed by atoms with Crippen molar-refractivity contribution in [1.82, 2.24) is 9.29 Å². The molecule has 7 nitrogen and oxygen atoms in total. The molecule has 1 aliphatic rings. The zero-order valence-electron chi connectivity index (χ0n) is 16.3. The van der Waals surface area contributed by atoms with Crippen molar-refractivity contribution < 1.29 is 12.8 Å². The van der Waals surface area contributed by atoms with Gasteiger partial charge in [-0.1, -0.05) is 19.8 Å². The van der Waals surface area contributed by atoms with Gasteiger partial charge in [-0.2, -0.15) is 14.6 Å². The molecule has 28 heavy (non-hydrogen) atoms. The van der Waals surface area contributed by atoms with Crippen molar-refractivity contribution in [3.05, 3.63) is 30.0 Å². The van der Waals surface area contributed by atoms with Crippen molar-refractivity contribution >= 4 is 15.9 Å². The van der Waals surface area contributed by atoms with Crippen LogP contribution in [0.2, 0.25) is 0 Å². The first kappa shape index (κ1) is 20.4. The van der Waals surface area contributed by atoms with Gasteiger partial charge < -0.3 is 9.73 Å². The van der Waals surface area contributed by atoms with Crippen LogP contribution in [-0.4, -0.2) is 36.8 Å². The van der Waals surface area contributed by atoms with Crippen LogP contribution in [0.4, 0.5) is 5.88 Å². The minimum Gasteiger partial charge on any atom is -0.419 e. The van der Waals surface area contributed by atoms with E-state index in [9.17, 15) is 13.7 Å². The van der Waals surface area contributed by atoms with Crippen LogP contribution in [0.3, 0.4) is 0 Å². The molecule has 2 heterocycles. The minimum absolute atomic E-state index is 0.147. The number of rotatable bonds is 6. The van der Waals surface area contributed by atoms with Crippen LogP contribution in [0.15, 0.2) is 33.6 Å². The number of anilines is 1. The topological polar surface area (TPSA) is 99.2 Å². The largest absolute Gasteiger partial charge is 0.419 e. The predicted molar refractivity (Wildman–Crippen MR) is 107 cm³/mol. The standard InChI is InChI=1S/C20H26N4O3S/c1-3-15(2)22-20-18(14-21)23-19(27-20)16-8-10-17(11-9-16)28(25,26)24-12-6-4-5-7-13-24/h8-11,15,22H,3-7,12-13H2,1-2H3/t15-/m0/s1. The Morgan fingerprint density at radius 1 is 1.21 bits per heavy atom. The lowest BCUT2D eigenvalue weighted by atomic mass is 10.2. The number of nitrogens with zero attached hydrogens (tertiary/aromatic N) is 3. The fourth-order valence-corrected chi connectivity index (χ4v) is 4.66. The minimum atomic E-state index is -3.49. The van der Waals surface area contributed by atoms with Crippen LogP contribution in [0.1, 0.15) is 51.6 Å². The summed E-state index contributed by atoms with van der Waals surface area (Å²) in [7, 11) is -3.49. The summed E-state index contributed by atoms with van der Waals surface area (Å²) in [4.78, 5) is 4.50. The van der Waals surface area contributed by atoms with E-state index in [2.05, 4.69) is 10.3 Å². The SMILES string of the molecule is CC[C@H](C)Nc1oc(-c2ccc(S(=O)(=O)N3CCCCCC3)cc2)nc1C#N. The van der Waals surface area contributed by atoms with Gasteiger partial charge in [0.25, 0.3) is 0 Å². The van der Waals surface area contributed by atoms with Crippen LogP contribution >= 0.6 is 0 Å². The van der Waals surface area contributed by atoms with Gasteiger partial charge in [-0.3, -0.25) is 0 Å². The molecule has 3 rings (SSSR count). The van der Waals surface area contributed by atoms with E-state index in [0.29, 0.717) is 30.4 Å². The zero-order chi connectivity index (χ0) is 20.1. The van der Waals surface area contributed by atoms with Crippen molar-refractivity contribution in [2.75, 3.05) is 18.4 Å². The van der Waals surface area contributed by atoms with Gasteiger partial charge in [-0.25, -0.2) is 8.42 Å². The average Bonchev–Trinajstić information content (AvgIpc) is 2.91. The van der Waals surface area contributed by atoms with Crippen molar-refractivity contribution in [3.63, 3.8) is 0 Å². The van der Waals surface area contributed by atoms with Crippen LogP contribution in [0.25, 0.3) is 11.5 Å². The number of aromatic nitrogens is 1. The summed E-state index contributed by atoms with van der Waals surface area (Å²) >= 11 is 0. The molecule has 0 bridgehead atoms. The molecule has 1 saturated heterocycles. The second-order valence-electron chi connectivity index (χ2n) is 7.10. The first-order valence-corrected chi connectivity index (χ1v) is 11.2. The molecule has 1 aliphatic heterocycles. The van der Waals surface area contributed by atoms with Crippen molar-refractivity contribution in [2.24, 2.45) is 0 Å². The van der Waals surface area contributed by atoms with Crippen LogP contribution in [-0.2, 0) is 10.0 Å². The first-order chi connectivity index (χ1) is 13.5. The summed E-state index contributed by atoms with van der Waals surface area (Å²) < 4.78 is 33.1. The number of sulfonamides is 1. The monoisotopic (exact) mass is 402 g/mol. The lowest BCUT2D eigenvalue weighted by molar-refractivity contribution is 0.423. The Labute approximate surface area is 166 Å². The molecule has 1 aromatic carbocycles. The first-order valence-electron chi connectivity index (χ1n) is 9.73. The number of hydrogen-bond donors (Lipinski definition) is 1. The summed E-state index contributed by atoms with van der Waals surface area (Å²) in [5, 5.41) is 12.4. The Morgan fingerprint density at radius 3 is 2.43 bits per heavy atom. The maximum absolute atomic E-state index is 12.9. The molecule has 1 N–H and O–H groups in total. The molecule has 0 spiro atoms. The molecular weight excluding hydrogens is 376 g/mol. The number of nitrogens with one attached hydrogen (secondary N) is 1. The average molecular weight is 403 g/mol. The van der Waals surface area contributed by atoms with E-state index in [4.69, 9.17) is 4.42 Å². The van der Waals surface area contributed by atoms with Gasteiger partial charge in [-0.05, 0) is 50.5 Å². The number of hydrogen-bond acceptors (Lipinski definition) is 6. The molecule has 8 heteroatoms. The predicted octanol–water partition coefficient (Wildman–Crippen LogP) is 3.99. The Morgan fingerprint density at radius 2 is 1.86 bits per heavy atom. The normalized spacial score (nSPS) is 16.9. The van der Waals surface area contributed by atoms with Crippen LogP contribution in [0, 0.1) is 11.3 Å². The van der Waals surface area contributed by atoms with E-state index in [-0.39, 0.29) is 16.6 Å². The van der Waals surface area contributed by atoms with Gasteiger partial charge in [0.1, 0.15) is 6.07 Å². The van der Waals surface area contributed by atoms with Gasteiger partial charge in [0, 0.05) is 24.7 Å². The number of nitriles is 1. The van der Waals surface area contributed by atoms with Crippen LogP contribution < -0.4 is 5.32 Å². The van der Waals surface area contributed by atoms with Gasteiger partial charge in [0.2, 0.25) is 27.5 Å². The maximum Gasteiger partial charge on any atom is 0.243 e. The van der Waals surface area contributed by atoms with Gasteiger partial charge in [0.15, 0.2) is 0 Å². The lowest BCUT2D eigenvalue weighted by Gasteiger charge is -2.19. The number of benzene rings is 1. The highest BCUT2D eigenvalue weighted by molar-refractivity contribution is 7.89. The van der Waals surface area contributed by atoms with Gasteiger partial charge in [0.05, 0.1) is 4.90 Å². The van der Waals surface area contributed by atoms with Gasteiger partial charge >= 0.3 is 0 Å². The third kappa shape index (κ3) is 4.37. The number of oxazole rings is 1. The van der Waals surface area contributed by atoms with E-state index < -0.39 is 10.0 Å². The zero-order valence-corrected chi connectivity index (χ0v) is 17.1. The van der Waals surface area contributed by atoms with E-state index in [1.807, 2.05) is 19.9 Å². The molecule has 2 aromatic rings. The van der Waals surface area contributed by atoms with E-state index in [0.717, 1.165) is 32.1 Å². The summed E-state index contributed by atoms with van der Waals surface area (Å²) in [6.07, 6.45) is 4.82. The Hall–Kier alpha value is -2.37. The molecule has 1 atom stereocenters. The highest BCUT2D eigenvalue weighted by atomic mass is 32.2. The molecule has 1 fully saturated rings. The maximum atomic E-state index is 12.9. The molecule has 1 aromatic heterocycles. The van der Waals surface area contributed by atoms with Crippen molar-refractivity contribution in [1.29, 1.82) is 5.26 Å². The second kappa shape index (κ2) is 8.76. The Balaban J connectivity index is 1.83. The molecule has 0 radical (unpaired) electrons. The third-order valence-electron chi connectivity index (χ3n) is 5.03. The molecular formula is C20H26N4O3S. The van der Waals surface area contributed by atoms with Crippen LogP contribution in [0.5, 0.6) is 0 Å². The molecule has 150 valence electrons. The molecule has 0 aliphatic carbocycles. The summed E-state index contributed by atoms with van der Waals surface area (Å²) in [6.45, 7) is 5.16. The van der Waals surface area contributed by atoms with E-state index in [1.54, 1.807) is 28.6 Å². The third-order valence-corrected chi connectivity index (χ3v) is 6.94. The quantitative estimate of drug-likeness (QED) is 0.784. The smallest absolute Gasteiger partial charge is 0.243 e. The lowest BCUT2D eigenvalue weighted by Crippen LogP contribution is -2.31. The van der Waals surface area contributed by atoms with Crippen molar-refractivity contribution in [3.8, 4) is 17.5 Å². The summed E-state index contributed by atoms with van der Waals surface area (Å²) in [5.74, 6) is 0.634. The van der Waals surface area contributed by atoms with Gasteiger partial charge in [-0.15, -0.1) is 0 Å².